The van der Waals surface area contributed by atoms with E-state index in [1.165, 1.54) is 11.1 Å². The Hall–Kier alpha value is -4.13. The molecule has 0 amide bonds. The van der Waals surface area contributed by atoms with Crippen LogP contribution in [0.4, 0.5) is 0 Å². The number of aliphatic carboxylic acids is 1. The number of aromatic nitrogens is 3. The quantitative estimate of drug-likeness (QED) is 0.230. The van der Waals surface area contributed by atoms with Gasteiger partial charge in [0.05, 0.1) is 19.6 Å². The van der Waals surface area contributed by atoms with Crippen molar-refractivity contribution >= 4 is 5.97 Å². The van der Waals surface area contributed by atoms with E-state index in [0.29, 0.717) is 24.4 Å². The van der Waals surface area contributed by atoms with Gasteiger partial charge in [0.15, 0.2) is 0 Å². The van der Waals surface area contributed by atoms with Crippen LogP contribution in [0.2, 0.25) is 0 Å². The summed E-state index contributed by atoms with van der Waals surface area (Å²) in [7, 11) is 1.55. The molecule has 3 aromatic carbocycles. The second-order valence-corrected chi connectivity index (χ2v) is 11.6. The van der Waals surface area contributed by atoms with Crippen molar-refractivity contribution in [2.75, 3.05) is 7.11 Å². The van der Waals surface area contributed by atoms with Crippen molar-refractivity contribution in [2.45, 2.75) is 78.3 Å². The number of carboxylic acids is 1. The molecule has 41 heavy (non-hydrogen) atoms. The molecule has 0 spiro atoms. The summed E-state index contributed by atoms with van der Waals surface area (Å²) in [6.07, 6.45) is 2.46. The highest BCUT2D eigenvalue weighted by molar-refractivity contribution is 5.78. The maximum absolute atomic E-state index is 13.0. The number of hydrogen-bond donors (Lipinski definition) is 1. The third kappa shape index (κ3) is 6.96. The minimum atomic E-state index is -0.885. The summed E-state index contributed by atoms with van der Waals surface area (Å²) in [5.74, 6) is -0.156. The van der Waals surface area contributed by atoms with Gasteiger partial charge in [0, 0.05) is 18.5 Å². The molecule has 4 rings (SSSR count). The number of rotatable bonds is 11. The zero-order valence-electron chi connectivity index (χ0n) is 25.0. The highest BCUT2D eigenvalue weighted by Crippen LogP contribution is 2.32. The number of methoxy groups -OCH3 is 1. The highest BCUT2D eigenvalue weighted by atomic mass is 16.5. The van der Waals surface area contributed by atoms with Crippen LogP contribution in [-0.2, 0) is 36.1 Å². The van der Waals surface area contributed by atoms with Crippen molar-refractivity contribution in [3.05, 3.63) is 105 Å². The maximum atomic E-state index is 13.0. The lowest BCUT2D eigenvalue weighted by Gasteiger charge is -2.19. The molecule has 0 aliphatic heterocycles. The molecule has 0 bridgehead atoms. The molecule has 1 atom stereocenters. The Labute approximate surface area is 242 Å². The molecule has 4 aromatic rings. The van der Waals surface area contributed by atoms with Gasteiger partial charge in [-0.15, -0.1) is 0 Å². The normalized spacial score (nSPS) is 12.3. The van der Waals surface area contributed by atoms with E-state index in [1.807, 2.05) is 25.1 Å². The van der Waals surface area contributed by atoms with Gasteiger partial charge in [-0.05, 0) is 72.1 Å². The first kappa shape index (κ1) is 29.8. The second-order valence-electron chi connectivity index (χ2n) is 11.6. The van der Waals surface area contributed by atoms with Crippen molar-refractivity contribution in [1.29, 1.82) is 0 Å². The zero-order valence-corrected chi connectivity index (χ0v) is 25.0. The van der Waals surface area contributed by atoms with E-state index in [0.717, 1.165) is 41.8 Å². The fraction of sp³-hybridized carbons (Fsp3) is 0.382. The average molecular weight is 556 g/mol. The van der Waals surface area contributed by atoms with E-state index in [1.54, 1.807) is 23.3 Å². The van der Waals surface area contributed by atoms with Crippen LogP contribution in [0.1, 0.15) is 75.0 Å². The number of ether oxygens (including phenoxy) is 1. The van der Waals surface area contributed by atoms with Crippen LogP contribution in [0.5, 0.6) is 5.75 Å². The summed E-state index contributed by atoms with van der Waals surface area (Å²) in [4.78, 5) is 24.6. The van der Waals surface area contributed by atoms with Gasteiger partial charge in [-0.1, -0.05) is 75.4 Å². The molecule has 0 saturated heterocycles. The molecule has 0 aliphatic carbocycles. The van der Waals surface area contributed by atoms with Gasteiger partial charge >= 0.3 is 11.7 Å². The minimum absolute atomic E-state index is 0.0668. The Balaban J connectivity index is 1.41. The predicted molar refractivity (Wildman–Crippen MR) is 163 cm³/mol. The molecular weight excluding hydrogens is 514 g/mol. The fourth-order valence-corrected chi connectivity index (χ4v) is 5.07. The Morgan fingerprint density at radius 1 is 0.951 bits per heavy atom. The lowest BCUT2D eigenvalue weighted by atomic mass is 9.87. The Bertz CT molecular complexity index is 1540. The first-order chi connectivity index (χ1) is 19.5. The summed E-state index contributed by atoms with van der Waals surface area (Å²) in [5.41, 5.74) is 6.18. The number of carbonyl (C=O) groups is 1. The molecule has 1 aromatic heterocycles. The molecule has 0 radical (unpaired) electrons. The molecule has 7 heteroatoms. The van der Waals surface area contributed by atoms with Crippen molar-refractivity contribution in [2.24, 2.45) is 0 Å². The van der Waals surface area contributed by atoms with E-state index in [2.05, 4.69) is 69.3 Å². The Kier molecular flexibility index (Phi) is 9.16. The molecule has 7 nitrogen and oxygen atoms in total. The largest absolute Gasteiger partial charge is 0.496 e. The third-order valence-electron chi connectivity index (χ3n) is 7.69. The minimum Gasteiger partial charge on any atom is -0.496 e. The van der Waals surface area contributed by atoms with Gasteiger partial charge in [-0.25, -0.2) is 9.48 Å². The predicted octanol–water partition coefficient (Wildman–Crippen LogP) is 6.45. The van der Waals surface area contributed by atoms with Crippen LogP contribution in [0.25, 0.3) is 11.1 Å². The van der Waals surface area contributed by atoms with Gasteiger partial charge in [-0.2, -0.15) is 5.10 Å². The van der Waals surface area contributed by atoms with Crippen molar-refractivity contribution in [3.63, 3.8) is 0 Å². The topological polar surface area (TPSA) is 86.3 Å². The lowest BCUT2D eigenvalue weighted by Crippen LogP contribution is -2.25. The van der Waals surface area contributed by atoms with E-state index < -0.39 is 11.9 Å². The van der Waals surface area contributed by atoms with Crippen LogP contribution >= 0.6 is 0 Å². The molecule has 0 saturated carbocycles. The molecule has 0 aliphatic rings. The highest BCUT2D eigenvalue weighted by Gasteiger charge is 2.19. The monoisotopic (exact) mass is 555 g/mol. The van der Waals surface area contributed by atoms with Crippen LogP contribution in [0.3, 0.4) is 0 Å². The summed E-state index contributed by atoms with van der Waals surface area (Å²) in [5, 5.41) is 14.2. The number of nitrogens with zero attached hydrogens (tertiary/aromatic N) is 3. The first-order valence-electron chi connectivity index (χ1n) is 14.3. The zero-order chi connectivity index (χ0) is 29.7. The van der Waals surface area contributed by atoms with Gasteiger partial charge in [0.2, 0.25) is 0 Å². The smallest absolute Gasteiger partial charge is 0.346 e. The van der Waals surface area contributed by atoms with Crippen LogP contribution in [0.15, 0.2) is 71.5 Å². The Morgan fingerprint density at radius 3 is 2.17 bits per heavy atom. The van der Waals surface area contributed by atoms with E-state index in [9.17, 15) is 14.7 Å². The summed E-state index contributed by atoms with van der Waals surface area (Å²) >= 11 is 0. The summed E-state index contributed by atoms with van der Waals surface area (Å²) < 4.78 is 8.73. The summed E-state index contributed by atoms with van der Waals surface area (Å²) in [6.45, 7) is 11.3. The first-order valence-corrected chi connectivity index (χ1v) is 14.3. The van der Waals surface area contributed by atoms with E-state index in [-0.39, 0.29) is 11.1 Å². The van der Waals surface area contributed by atoms with Crippen molar-refractivity contribution in [3.8, 4) is 16.9 Å². The molecular formula is C34H41N3O4. The molecule has 0 fully saturated rings. The number of aryl methyl sites for hydroxylation is 2. The van der Waals surface area contributed by atoms with Crippen LogP contribution in [-0.4, -0.2) is 32.5 Å². The number of carboxylic acid groups (broad SMARTS) is 1. The average Bonchev–Trinajstić information content (AvgIpc) is 3.25. The third-order valence-corrected chi connectivity index (χ3v) is 7.69. The SMILES string of the molecule is CCn1c(CCCc2ccc(-c3ccc(OC)c([C@H](C)C(=O)O)c3)cc2)nn(Cc2ccc(C(C)(C)C)cc2)c1=O. The molecule has 1 heterocycles. The molecule has 0 unspecified atom stereocenters. The molecule has 1 N–H and O–H groups in total. The van der Waals surface area contributed by atoms with Gasteiger partial charge in [-0.3, -0.25) is 9.36 Å². The van der Waals surface area contributed by atoms with Gasteiger partial charge < -0.3 is 9.84 Å². The Morgan fingerprint density at radius 2 is 1.59 bits per heavy atom. The van der Waals surface area contributed by atoms with Crippen molar-refractivity contribution in [1.82, 2.24) is 14.3 Å². The van der Waals surface area contributed by atoms with Crippen molar-refractivity contribution < 1.29 is 14.6 Å². The summed E-state index contributed by atoms with van der Waals surface area (Å²) in [6, 6.07) is 22.4. The van der Waals surface area contributed by atoms with E-state index in [4.69, 9.17) is 9.84 Å². The number of benzene rings is 3. The fourth-order valence-electron chi connectivity index (χ4n) is 5.07. The molecule has 216 valence electrons. The van der Waals surface area contributed by atoms with Gasteiger partial charge in [0.25, 0.3) is 0 Å². The lowest BCUT2D eigenvalue weighted by molar-refractivity contribution is -0.138. The van der Waals surface area contributed by atoms with E-state index >= 15 is 0 Å². The van der Waals surface area contributed by atoms with Crippen LogP contribution in [0, 0.1) is 0 Å². The second kappa shape index (κ2) is 12.6. The maximum Gasteiger partial charge on any atom is 0.346 e. The van der Waals surface area contributed by atoms with Crippen LogP contribution < -0.4 is 10.4 Å². The van der Waals surface area contributed by atoms with Gasteiger partial charge in [0.1, 0.15) is 11.6 Å². The number of hydrogen-bond acceptors (Lipinski definition) is 4. The standard InChI is InChI=1S/C34H41N3O4/c1-7-36-31(35-37(33(36)40)22-25-13-18-28(19-14-25)34(3,4)5)10-8-9-24-11-15-26(16-12-24)27-17-20-30(41-6)29(21-27)23(2)32(38)39/h11-21,23H,7-10,22H2,1-6H3,(H,38,39)/t23-/m0/s1.